The van der Waals surface area contributed by atoms with Crippen LogP contribution in [-0.4, -0.2) is 49.3 Å². The number of carbonyl (C=O) groups is 1. The number of carbonyl (C=O) groups excluding carboxylic acids is 1. The highest BCUT2D eigenvalue weighted by atomic mass is 35.5. The van der Waals surface area contributed by atoms with Crippen LogP contribution in [0, 0.1) is 0 Å². The van der Waals surface area contributed by atoms with Gasteiger partial charge in [0.15, 0.2) is 5.15 Å². The van der Waals surface area contributed by atoms with E-state index in [0.29, 0.717) is 31.0 Å². The van der Waals surface area contributed by atoms with Crippen LogP contribution in [0.5, 0.6) is 0 Å². The van der Waals surface area contributed by atoms with E-state index in [-0.39, 0.29) is 16.5 Å². The number of amides is 1. The van der Waals surface area contributed by atoms with E-state index in [4.69, 9.17) is 16.3 Å². The number of hydrogen-bond acceptors (Lipinski definition) is 5. The van der Waals surface area contributed by atoms with Crippen LogP contribution in [0.1, 0.15) is 33.6 Å². The van der Waals surface area contributed by atoms with Gasteiger partial charge in [0.25, 0.3) is 0 Å². The Morgan fingerprint density at radius 2 is 1.95 bits per heavy atom. The standard InChI is InChI=1S/C14H20ClN3O3S/c1-14(2,3)21-13(19)18-8-6-10(7-9-18)22(20)12-5-4-11(15)16-17-12/h4-5,10H,6-9H2,1-3H3/t22-/m0/s1. The number of likely N-dealkylation sites (tertiary alicyclic amines) is 1. The maximum absolute atomic E-state index is 12.4. The second kappa shape index (κ2) is 6.91. The Balaban J connectivity index is 1.90. The molecule has 6 nitrogen and oxygen atoms in total. The minimum atomic E-state index is -1.24. The van der Waals surface area contributed by atoms with Crippen LogP contribution < -0.4 is 0 Å². The molecule has 1 amide bonds. The minimum Gasteiger partial charge on any atom is -0.444 e. The molecule has 2 heterocycles. The molecule has 1 aliphatic rings. The van der Waals surface area contributed by atoms with E-state index >= 15 is 0 Å². The second-order valence-electron chi connectivity index (χ2n) is 6.16. The third-order valence-electron chi connectivity index (χ3n) is 3.21. The Labute approximate surface area is 137 Å². The van der Waals surface area contributed by atoms with Crippen LogP contribution in [0.15, 0.2) is 17.2 Å². The molecule has 0 aliphatic carbocycles. The monoisotopic (exact) mass is 345 g/mol. The van der Waals surface area contributed by atoms with Crippen LogP contribution in [-0.2, 0) is 15.5 Å². The number of aromatic nitrogens is 2. The van der Waals surface area contributed by atoms with Crippen molar-refractivity contribution in [3.05, 3.63) is 17.3 Å². The molecule has 0 bridgehead atoms. The number of halogens is 1. The van der Waals surface area contributed by atoms with Gasteiger partial charge in [-0.1, -0.05) is 11.6 Å². The van der Waals surface area contributed by atoms with Crippen molar-refractivity contribution < 1.29 is 13.7 Å². The van der Waals surface area contributed by atoms with Crippen LogP contribution in [0.2, 0.25) is 5.15 Å². The van der Waals surface area contributed by atoms with Crippen molar-refractivity contribution in [2.45, 2.75) is 49.5 Å². The molecular formula is C14H20ClN3O3S. The lowest BCUT2D eigenvalue weighted by Crippen LogP contribution is -2.43. The van der Waals surface area contributed by atoms with E-state index in [2.05, 4.69) is 10.2 Å². The van der Waals surface area contributed by atoms with Crippen molar-refractivity contribution in [3.8, 4) is 0 Å². The van der Waals surface area contributed by atoms with E-state index in [9.17, 15) is 9.00 Å². The van der Waals surface area contributed by atoms with Gasteiger partial charge in [0.05, 0.1) is 10.8 Å². The first-order valence-corrected chi connectivity index (χ1v) is 8.73. The van der Waals surface area contributed by atoms with Gasteiger partial charge in [0.1, 0.15) is 10.6 Å². The summed E-state index contributed by atoms with van der Waals surface area (Å²) in [6.07, 6.45) is 0.981. The summed E-state index contributed by atoms with van der Waals surface area (Å²) in [5.41, 5.74) is -0.504. The van der Waals surface area contributed by atoms with E-state index < -0.39 is 16.4 Å². The molecule has 0 spiro atoms. The quantitative estimate of drug-likeness (QED) is 0.823. The summed E-state index contributed by atoms with van der Waals surface area (Å²) in [6, 6.07) is 3.21. The fourth-order valence-corrected chi connectivity index (χ4v) is 3.57. The molecule has 8 heteroatoms. The van der Waals surface area contributed by atoms with Crippen molar-refractivity contribution in [1.82, 2.24) is 15.1 Å². The van der Waals surface area contributed by atoms with E-state index in [1.807, 2.05) is 20.8 Å². The van der Waals surface area contributed by atoms with Crippen LogP contribution in [0.4, 0.5) is 4.79 Å². The predicted octanol–water partition coefficient (Wildman–Crippen LogP) is 2.64. The Morgan fingerprint density at radius 1 is 1.32 bits per heavy atom. The van der Waals surface area contributed by atoms with Gasteiger partial charge in [0.2, 0.25) is 0 Å². The average Bonchev–Trinajstić information content (AvgIpc) is 2.46. The Bertz CT molecular complexity index is 551. The van der Waals surface area contributed by atoms with Gasteiger partial charge < -0.3 is 9.64 Å². The lowest BCUT2D eigenvalue weighted by atomic mass is 10.1. The van der Waals surface area contributed by atoms with Gasteiger partial charge >= 0.3 is 6.09 Å². The first-order chi connectivity index (χ1) is 10.3. The third kappa shape index (κ3) is 4.64. The molecule has 0 radical (unpaired) electrons. The van der Waals surface area contributed by atoms with Crippen molar-refractivity contribution in [1.29, 1.82) is 0 Å². The zero-order valence-electron chi connectivity index (χ0n) is 12.9. The summed E-state index contributed by atoms with van der Waals surface area (Å²) >= 11 is 5.68. The topological polar surface area (TPSA) is 72.4 Å². The summed E-state index contributed by atoms with van der Waals surface area (Å²) in [7, 11) is -1.24. The largest absolute Gasteiger partial charge is 0.444 e. The Hall–Kier alpha value is -1.21. The van der Waals surface area contributed by atoms with Crippen molar-refractivity contribution >= 4 is 28.5 Å². The zero-order chi connectivity index (χ0) is 16.3. The normalized spacial score (nSPS) is 18.1. The minimum absolute atomic E-state index is 0.0332. The number of ether oxygens (including phenoxy) is 1. The first kappa shape index (κ1) is 17.1. The van der Waals surface area contributed by atoms with Crippen LogP contribution in [0.25, 0.3) is 0 Å². The Kier molecular flexibility index (Phi) is 5.39. The van der Waals surface area contributed by atoms with E-state index in [1.54, 1.807) is 17.0 Å². The van der Waals surface area contributed by atoms with Crippen molar-refractivity contribution in [2.24, 2.45) is 0 Å². The molecule has 2 rings (SSSR count). The summed E-state index contributed by atoms with van der Waals surface area (Å²) in [5, 5.41) is 8.26. The third-order valence-corrected chi connectivity index (χ3v) is 5.12. The van der Waals surface area contributed by atoms with Crippen molar-refractivity contribution in [2.75, 3.05) is 13.1 Å². The maximum Gasteiger partial charge on any atom is 0.410 e. The highest BCUT2D eigenvalue weighted by molar-refractivity contribution is 7.85. The number of piperidine rings is 1. The molecule has 1 fully saturated rings. The maximum atomic E-state index is 12.4. The number of hydrogen-bond donors (Lipinski definition) is 0. The fraction of sp³-hybridized carbons (Fsp3) is 0.643. The van der Waals surface area contributed by atoms with E-state index in [0.717, 1.165) is 0 Å². The highest BCUT2D eigenvalue weighted by Crippen LogP contribution is 2.21. The summed E-state index contributed by atoms with van der Waals surface area (Å²) in [5.74, 6) is 0. The summed E-state index contributed by atoms with van der Waals surface area (Å²) in [4.78, 5) is 13.6. The smallest absolute Gasteiger partial charge is 0.410 e. The molecule has 0 aromatic carbocycles. The van der Waals surface area contributed by atoms with Gasteiger partial charge in [-0.25, -0.2) is 4.79 Å². The molecule has 0 N–H and O–H groups in total. The molecule has 0 saturated carbocycles. The van der Waals surface area contributed by atoms with E-state index in [1.165, 1.54) is 0 Å². The van der Waals surface area contributed by atoms with Gasteiger partial charge in [-0.05, 0) is 45.7 Å². The molecular weight excluding hydrogens is 326 g/mol. The molecule has 1 saturated heterocycles. The molecule has 22 heavy (non-hydrogen) atoms. The highest BCUT2D eigenvalue weighted by Gasteiger charge is 2.30. The van der Waals surface area contributed by atoms with Crippen molar-refractivity contribution in [3.63, 3.8) is 0 Å². The molecule has 1 aliphatic heterocycles. The predicted molar refractivity (Wildman–Crippen MR) is 84.3 cm³/mol. The number of rotatable bonds is 2. The molecule has 1 aromatic heterocycles. The van der Waals surface area contributed by atoms with Crippen LogP contribution >= 0.6 is 11.6 Å². The summed E-state index contributed by atoms with van der Waals surface area (Å²) < 4.78 is 17.8. The molecule has 1 atom stereocenters. The van der Waals surface area contributed by atoms with Gasteiger partial charge in [-0.2, -0.15) is 0 Å². The number of nitrogens with zero attached hydrogens (tertiary/aromatic N) is 3. The molecule has 1 aromatic rings. The Morgan fingerprint density at radius 3 is 2.45 bits per heavy atom. The first-order valence-electron chi connectivity index (χ1n) is 7.14. The van der Waals surface area contributed by atoms with Gasteiger partial charge in [-0.3, -0.25) is 4.21 Å². The SMILES string of the molecule is CC(C)(C)OC(=O)N1CCC([S@](=O)c2ccc(Cl)nn2)CC1. The van der Waals surface area contributed by atoms with Gasteiger partial charge in [-0.15, -0.1) is 10.2 Å². The lowest BCUT2D eigenvalue weighted by Gasteiger charge is -2.32. The fourth-order valence-electron chi connectivity index (χ4n) is 2.16. The van der Waals surface area contributed by atoms with Crippen LogP contribution in [0.3, 0.4) is 0 Å². The summed E-state index contributed by atoms with van der Waals surface area (Å²) in [6.45, 7) is 6.59. The lowest BCUT2D eigenvalue weighted by molar-refractivity contribution is 0.0218. The zero-order valence-corrected chi connectivity index (χ0v) is 14.5. The van der Waals surface area contributed by atoms with Gasteiger partial charge in [0, 0.05) is 18.3 Å². The molecule has 0 unspecified atom stereocenters. The molecule has 122 valence electrons. The second-order valence-corrected chi connectivity index (χ2v) is 8.23. The average molecular weight is 346 g/mol.